The minimum atomic E-state index is -1.47. The van der Waals surface area contributed by atoms with Gasteiger partial charge in [-0.05, 0) is 24.1 Å². The van der Waals surface area contributed by atoms with E-state index in [2.05, 4.69) is 0 Å². The van der Waals surface area contributed by atoms with Crippen LogP contribution in [0.3, 0.4) is 0 Å². The van der Waals surface area contributed by atoms with E-state index in [0.717, 1.165) is 0 Å². The first-order chi connectivity index (χ1) is 6.50. The normalized spacial score (nSPS) is 12.5. The van der Waals surface area contributed by atoms with Gasteiger partial charge in [-0.2, -0.15) is 0 Å². The van der Waals surface area contributed by atoms with Crippen LogP contribution in [0.15, 0.2) is 18.2 Å². The number of aliphatic carboxylic acids is 1. The first-order valence-corrected chi connectivity index (χ1v) is 4.16. The van der Waals surface area contributed by atoms with Crippen LogP contribution >= 0.6 is 0 Å². The third-order valence-corrected chi connectivity index (χ3v) is 1.95. The predicted molar refractivity (Wildman–Crippen MR) is 48.5 cm³/mol. The summed E-state index contributed by atoms with van der Waals surface area (Å²) in [5.41, 5.74) is 0.974. The van der Waals surface area contributed by atoms with Gasteiger partial charge in [-0.25, -0.2) is 9.18 Å². The zero-order chi connectivity index (χ0) is 10.7. The molecule has 4 heteroatoms. The maximum atomic E-state index is 13.0. The molecule has 0 heterocycles. The lowest BCUT2D eigenvalue weighted by atomic mass is 10.1. The lowest BCUT2D eigenvalue weighted by molar-refractivity contribution is -0.146. The van der Waals surface area contributed by atoms with Crippen LogP contribution in [0.25, 0.3) is 0 Å². The summed E-state index contributed by atoms with van der Waals surface area (Å²) in [6, 6.07) is 4.39. The van der Waals surface area contributed by atoms with Gasteiger partial charge in [-0.1, -0.05) is 12.1 Å². The van der Waals surface area contributed by atoms with Gasteiger partial charge in [0.25, 0.3) is 0 Å². The van der Waals surface area contributed by atoms with Crippen molar-refractivity contribution in [3.63, 3.8) is 0 Å². The molecule has 0 bridgehead atoms. The number of carbonyl (C=O) groups is 1. The summed E-state index contributed by atoms with van der Waals surface area (Å²) in [6.45, 7) is 1.62. The Balaban J connectivity index is 2.78. The van der Waals surface area contributed by atoms with Crippen LogP contribution in [0, 0.1) is 12.7 Å². The topological polar surface area (TPSA) is 57.5 Å². The third kappa shape index (κ3) is 2.53. The van der Waals surface area contributed by atoms with Crippen molar-refractivity contribution in [1.82, 2.24) is 0 Å². The average Bonchev–Trinajstić information content (AvgIpc) is 2.11. The number of hydrogen-bond donors (Lipinski definition) is 2. The van der Waals surface area contributed by atoms with E-state index < -0.39 is 12.1 Å². The van der Waals surface area contributed by atoms with E-state index in [0.29, 0.717) is 11.1 Å². The molecule has 0 fully saturated rings. The second-order valence-corrected chi connectivity index (χ2v) is 3.14. The Bertz CT molecular complexity index is 349. The Morgan fingerprint density at radius 1 is 1.57 bits per heavy atom. The van der Waals surface area contributed by atoms with Crippen molar-refractivity contribution in [3.05, 3.63) is 35.1 Å². The van der Waals surface area contributed by atoms with E-state index in [1.165, 1.54) is 6.07 Å². The Morgan fingerprint density at radius 2 is 2.21 bits per heavy atom. The lowest BCUT2D eigenvalue weighted by Gasteiger charge is -2.06. The molecule has 14 heavy (non-hydrogen) atoms. The number of benzene rings is 1. The molecule has 1 aromatic carbocycles. The first kappa shape index (κ1) is 10.7. The van der Waals surface area contributed by atoms with Crippen LogP contribution in [-0.2, 0) is 11.2 Å². The fraction of sp³-hybridized carbons (Fsp3) is 0.300. The summed E-state index contributed by atoms with van der Waals surface area (Å²) in [5.74, 6) is -1.69. The molecule has 0 aliphatic rings. The Morgan fingerprint density at radius 3 is 2.71 bits per heavy atom. The Hall–Kier alpha value is -1.42. The van der Waals surface area contributed by atoms with Gasteiger partial charge in [0, 0.05) is 6.42 Å². The van der Waals surface area contributed by atoms with Gasteiger partial charge in [0.05, 0.1) is 0 Å². The SMILES string of the molecule is Cc1ccc(CC(O)C(=O)O)cc1F. The summed E-state index contributed by atoms with van der Waals surface area (Å²) in [4.78, 5) is 10.3. The molecule has 0 aliphatic heterocycles. The highest BCUT2D eigenvalue weighted by molar-refractivity contribution is 5.72. The second-order valence-electron chi connectivity index (χ2n) is 3.14. The molecular weight excluding hydrogens is 187 g/mol. The Kier molecular flexibility index (Phi) is 3.19. The summed E-state index contributed by atoms with van der Waals surface area (Å²) < 4.78 is 13.0. The van der Waals surface area contributed by atoms with Gasteiger partial charge in [0.15, 0.2) is 6.10 Å². The average molecular weight is 198 g/mol. The molecule has 0 radical (unpaired) electrons. The highest BCUT2D eigenvalue weighted by Gasteiger charge is 2.14. The van der Waals surface area contributed by atoms with Crippen LogP contribution in [0.1, 0.15) is 11.1 Å². The highest BCUT2D eigenvalue weighted by atomic mass is 19.1. The molecule has 0 saturated carbocycles. The smallest absolute Gasteiger partial charge is 0.332 e. The molecule has 76 valence electrons. The van der Waals surface area contributed by atoms with Crippen LogP contribution in [-0.4, -0.2) is 22.3 Å². The van der Waals surface area contributed by atoms with Crippen LogP contribution in [0.2, 0.25) is 0 Å². The zero-order valence-corrected chi connectivity index (χ0v) is 7.70. The van der Waals surface area contributed by atoms with E-state index in [4.69, 9.17) is 10.2 Å². The molecule has 0 aliphatic carbocycles. The molecule has 2 N–H and O–H groups in total. The van der Waals surface area contributed by atoms with E-state index >= 15 is 0 Å². The lowest BCUT2D eigenvalue weighted by Crippen LogP contribution is -2.22. The molecule has 0 aromatic heterocycles. The van der Waals surface area contributed by atoms with Gasteiger partial charge in [-0.15, -0.1) is 0 Å². The number of rotatable bonds is 3. The number of carboxylic acid groups (broad SMARTS) is 1. The minimum Gasteiger partial charge on any atom is -0.479 e. The van der Waals surface area contributed by atoms with Gasteiger partial charge >= 0.3 is 5.97 Å². The molecule has 1 atom stereocenters. The number of hydrogen-bond acceptors (Lipinski definition) is 2. The van der Waals surface area contributed by atoms with E-state index in [1.54, 1.807) is 19.1 Å². The summed E-state index contributed by atoms with van der Waals surface area (Å²) in [6.07, 6.45) is -1.55. The summed E-state index contributed by atoms with van der Waals surface area (Å²) in [5, 5.41) is 17.4. The van der Waals surface area contributed by atoms with Gasteiger partial charge < -0.3 is 10.2 Å². The molecule has 0 spiro atoms. The standard InChI is InChI=1S/C10H11FO3/c1-6-2-3-7(4-8(6)11)5-9(12)10(13)14/h2-4,9,12H,5H2,1H3,(H,13,14). The van der Waals surface area contributed by atoms with Crippen molar-refractivity contribution >= 4 is 5.97 Å². The van der Waals surface area contributed by atoms with Crippen LogP contribution in [0.5, 0.6) is 0 Å². The highest BCUT2D eigenvalue weighted by Crippen LogP contribution is 2.10. The second kappa shape index (κ2) is 4.19. The fourth-order valence-electron chi connectivity index (χ4n) is 1.07. The number of aliphatic hydroxyl groups excluding tert-OH is 1. The third-order valence-electron chi connectivity index (χ3n) is 1.95. The summed E-state index contributed by atoms with van der Waals surface area (Å²) in [7, 11) is 0. The molecule has 0 amide bonds. The molecule has 1 aromatic rings. The molecule has 1 rings (SSSR count). The quantitative estimate of drug-likeness (QED) is 0.765. The largest absolute Gasteiger partial charge is 0.479 e. The number of halogens is 1. The van der Waals surface area contributed by atoms with Crippen LogP contribution < -0.4 is 0 Å². The monoisotopic (exact) mass is 198 g/mol. The van der Waals surface area contributed by atoms with Gasteiger partial charge in [0.1, 0.15) is 5.82 Å². The summed E-state index contributed by atoms with van der Waals surface area (Å²) >= 11 is 0. The maximum absolute atomic E-state index is 13.0. The van der Waals surface area contributed by atoms with E-state index in [-0.39, 0.29) is 12.2 Å². The van der Waals surface area contributed by atoms with Crippen molar-refractivity contribution in [2.24, 2.45) is 0 Å². The minimum absolute atomic E-state index is 0.0769. The molecule has 1 unspecified atom stereocenters. The van der Waals surface area contributed by atoms with E-state index in [1.807, 2.05) is 0 Å². The number of aliphatic hydroxyl groups is 1. The fourth-order valence-corrected chi connectivity index (χ4v) is 1.07. The number of carboxylic acids is 1. The van der Waals surface area contributed by atoms with Crippen LogP contribution in [0.4, 0.5) is 4.39 Å². The Labute approximate surface area is 80.8 Å². The molecular formula is C10H11FO3. The zero-order valence-electron chi connectivity index (χ0n) is 7.70. The van der Waals surface area contributed by atoms with E-state index in [9.17, 15) is 9.18 Å². The van der Waals surface area contributed by atoms with Crippen molar-refractivity contribution in [2.75, 3.05) is 0 Å². The molecule has 0 saturated heterocycles. The predicted octanol–water partition coefficient (Wildman–Crippen LogP) is 1.12. The van der Waals surface area contributed by atoms with Crippen molar-refractivity contribution < 1.29 is 19.4 Å². The molecule has 3 nitrogen and oxygen atoms in total. The maximum Gasteiger partial charge on any atom is 0.332 e. The van der Waals surface area contributed by atoms with Crippen molar-refractivity contribution in [1.29, 1.82) is 0 Å². The van der Waals surface area contributed by atoms with Crippen molar-refractivity contribution in [3.8, 4) is 0 Å². The van der Waals surface area contributed by atoms with Gasteiger partial charge in [-0.3, -0.25) is 0 Å². The number of aryl methyl sites for hydroxylation is 1. The first-order valence-electron chi connectivity index (χ1n) is 4.16. The van der Waals surface area contributed by atoms with Gasteiger partial charge in [0.2, 0.25) is 0 Å². The van der Waals surface area contributed by atoms with Crippen molar-refractivity contribution in [2.45, 2.75) is 19.4 Å².